The Balaban J connectivity index is 2.92. The van der Waals surface area contributed by atoms with Crippen LogP contribution in [0.2, 0.25) is 0 Å². The Labute approximate surface area is 84.2 Å². The first-order valence-corrected chi connectivity index (χ1v) is 4.66. The minimum Gasteiger partial charge on any atom is -0.504 e. The van der Waals surface area contributed by atoms with Crippen LogP contribution in [0, 0.1) is 5.41 Å². The number of aromatic hydroxyl groups is 2. The summed E-state index contributed by atoms with van der Waals surface area (Å²) in [4.78, 5) is 0. The number of nitrogens with two attached hydrogens (primary N) is 1. The van der Waals surface area contributed by atoms with Gasteiger partial charge in [0, 0.05) is 0 Å². The van der Waals surface area contributed by atoms with Gasteiger partial charge in [-0.1, -0.05) is 26.0 Å². The summed E-state index contributed by atoms with van der Waals surface area (Å²) in [6.45, 7) is 4.59. The minimum atomic E-state index is -0.0738. The van der Waals surface area contributed by atoms with Gasteiger partial charge in [-0.05, 0) is 30.0 Å². The number of hydrogen-bond acceptors (Lipinski definition) is 3. The zero-order chi connectivity index (χ0) is 10.8. The van der Waals surface area contributed by atoms with Crippen LogP contribution in [-0.2, 0) is 6.42 Å². The SMILES string of the molecule is CC(C)(CN)Cc1cccc(O)c1O. The maximum Gasteiger partial charge on any atom is 0.160 e. The van der Waals surface area contributed by atoms with Crippen molar-refractivity contribution in [3.05, 3.63) is 23.8 Å². The largest absolute Gasteiger partial charge is 0.504 e. The average Bonchev–Trinajstić information content (AvgIpc) is 2.13. The lowest BCUT2D eigenvalue weighted by Crippen LogP contribution is -2.25. The third-order valence-electron chi connectivity index (χ3n) is 2.32. The second kappa shape index (κ2) is 3.88. The molecule has 1 aromatic rings. The van der Waals surface area contributed by atoms with Gasteiger partial charge in [0.25, 0.3) is 0 Å². The third-order valence-corrected chi connectivity index (χ3v) is 2.32. The summed E-state index contributed by atoms with van der Waals surface area (Å²) >= 11 is 0. The molecule has 1 rings (SSSR count). The fourth-order valence-electron chi connectivity index (χ4n) is 1.31. The van der Waals surface area contributed by atoms with Gasteiger partial charge in [0.05, 0.1) is 0 Å². The first kappa shape index (κ1) is 10.9. The Morgan fingerprint density at radius 2 is 1.93 bits per heavy atom. The van der Waals surface area contributed by atoms with Crippen LogP contribution in [0.4, 0.5) is 0 Å². The van der Waals surface area contributed by atoms with E-state index >= 15 is 0 Å². The van der Waals surface area contributed by atoms with Gasteiger partial charge in [-0.15, -0.1) is 0 Å². The Hall–Kier alpha value is -1.22. The van der Waals surface area contributed by atoms with Gasteiger partial charge < -0.3 is 15.9 Å². The number of rotatable bonds is 3. The van der Waals surface area contributed by atoms with Gasteiger partial charge in [-0.2, -0.15) is 0 Å². The van der Waals surface area contributed by atoms with Crippen LogP contribution in [0.3, 0.4) is 0 Å². The number of phenolic OH excluding ortho intramolecular Hbond substituents is 2. The number of phenols is 2. The second-order valence-corrected chi connectivity index (χ2v) is 4.33. The molecule has 0 aliphatic carbocycles. The lowest BCUT2D eigenvalue weighted by Gasteiger charge is -2.22. The van der Waals surface area contributed by atoms with Crippen LogP contribution in [0.25, 0.3) is 0 Å². The molecule has 78 valence electrons. The van der Waals surface area contributed by atoms with Crippen molar-refractivity contribution in [1.82, 2.24) is 0 Å². The lowest BCUT2D eigenvalue weighted by atomic mass is 9.85. The van der Waals surface area contributed by atoms with Gasteiger partial charge in [0.2, 0.25) is 0 Å². The first-order valence-electron chi connectivity index (χ1n) is 4.66. The molecule has 0 radical (unpaired) electrons. The van der Waals surface area contributed by atoms with E-state index in [1.54, 1.807) is 12.1 Å². The molecule has 3 heteroatoms. The Kier molecular flexibility index (Phi) is 3.01. The summed E-state index contributed by atoms with van der Waals surface area (Å²) < 4.78 is 0. The van der Waals surface area contributed by atoms with Crippen molar-refractivity contribution in [2.45, 2.75) is 20.3 Å². The van der Waals surface area contributed by atoms with Crippen LogP contribution >= 0.6 is 0 Å². The van der Waals surface area contributed by atoms with Crippen molar-refractivity contribution in [1.29, 1.82) is 0 Å². The van der Waals surface area contributed by atoms with Crippen LogP contribution < -0.4 is 5.73 Å². The topological polar surface area (TPSA) is 66.5 Å². The Morgan fingerprint density at radius 3 is 2.50 bits per heavy atom. The molecule has 1 aromatic carbocycles. The van der Waals surface area contributed by atoms with Crippen molar-refractivity contribution < 1.29 is 10.2 Å². The number of benzene rings is 1. The molecule has 0 saturated heterocycles. The molecule has 0 spiro atoms. The van der Waals surface area contributed by atoms with Gasteiger partial charge in [0.15, 0.2) is 11.5 Å². The summed E-state index contributed by atoms with van der Waals surface area (Å²) in [6.07, 6.45) is 0.656. The zero-order valence-corrected chi connectivity index (χ0v) is 8.62. The van der Waals surface area contributed by atoms with Gasteiger partial charge >= 0.3 is 0 Å². The molecular formula is C11H17NO2. The van der Waals surface area contributed by atoms with Gasteiger partial charge in [-0.25, -0.2) is 0 Å². The fraction of sp³-hybridized carbons (Fsp3) is 0.455. The molecule has 0 atom stereocenters. The second-order valence-electron chi connectivity index (χ2n) is 4.33. The maximum atomic E-state index is 9.57. The van der Waals surface area contributed by atoms with E-state index in [9.17, 15) is 10.2 Å². The molecular weight excluding hydrogens is 178 g/mol. The molecule has 0 unspecified atom stereocenters. The summed E-state index contributed by atoms with van der Waals surface area (Å²) in [7, 11) is 0. The first-order chi connectivity index (χ1) is 6.46. The van der Waals surface area contributed by atoms with Gasteiger partial charge in [0.1, 0.15) is 0 Å². The van der Waals surface area contributed by atoms with Crippen LogP contribution in [0.1, 0.15) is 19.4 Å². The molecule has 14 heavy (non-hydrogen) atoms. The number of para-hydroxylation sites is 1. The minimum absolute atomic E-state index is 0.0333. The molecule has 0 heterocycles. The third kappa shape index (κ3) is 2.39. The predicted octanol–water partition coefficient (Wildman–Crippen LogP) is 1.63. The average molecular weight is 195 g/mol. The van der Waals surface area contributed by atoms with E-state index in [4.69, 9.17) is 5.73 Å². The highest BCUT2D eigenvalue weighted by atomic mass is 16.3. The Bertz CT molecular complexity index is 321. The van der Waals surface area contributed by atoms with E-state index in [0.29, 0.717) is 13.0 Å². The monoisotopic (exact) mass is 195 g/mol. The van der Waals surface area contributed by atoms with Crippen molar-refractivity contribution in [3.8, 4) is 11.5 Å². The fourth-order valence-corrected chi connectivity index (χ4v) is 1.31. The molecule has 0 aromatic heterocycles. The van der Waals surface area contributed by atoms with Crippen molar-refractivity contribution in [2.24, 2.45) is 11.1 Å². The van der Waals surface area contributed by atoms with E-state index in [-0.39, 0.29) is 16.9 Å². The summed E-state index contributed by atoms with van der Waals surface area (Å²) in [6, 6.07) is 4.98. The van der Waals surface area contributed by atoms with E-state index < -0.39 is 0 Å². The van der Waals surface area contributed by atoms with Crippen molar-refractivity contribution in [2.75, 3.05) is 6.54 Å². The molecule has 0 aliphatic rings. The number of hydrogen-bond donors (Lipinski definition) is 3. The quantitative estimate of drug-likeness (QED) is 0.642. The normalized spacial score (nSPS) is 11.6. The van der Waals surface area contributed by atoms with Gasteiger partial charge in [-0.3, -0.25) is 0 Å². The molecule has 0 bridgehead atoms. The molecule has 0 fully saturated rings. The predicted molar refractivity (Wildman–Crippen MR) is 56.3 cm³/mol. The highest BCUT2D eigenvalue weighted by Crippen LogP contribution is 2.32. The van der Waals surface area contributed by atoms with E-state index in [1.807, 2.05) is 13.8 Å². The maximum absolute atomic E-state index is 9.57. The van der Waals surface area contributed by atoms with Crippen LogP contribution in [0.15, 0.2) is 18.2 Å². The highest BCUT2D eigenvalue weighted by Gasteiger charge is 2.19. The summed E-state index contributed by atoms with van der Waals surface area (Å²) in [5.41, 5.74) is 6.27. The summed E-state index contributed by atoms with van der Waals surface area (Å²) in [5, 5.41) is 18.9. The highest BCUT2D eigenvalue weighted by molar-refractivity contribution is 5.44. The van der Waals surface area contributed by atoms with Crippen molar-refractivity contribution in [3.63, 3.8) is 0 Å². The standard InChI is InChI=1S/C11H17NO2/c1-11(2,7-12)6-8-4-3-5-9(13)10(8)14/h3-5,13-14H,6-7,12H2,1-2H3. The molecule has 4 N–H and O–H groups in total. The molecule has 3 nitrogen and oxygen atoms in total. The van der Waals surface area contributed by atoms with E-state index in [2.05, 4.69) is 0 Å². The van der Waals surface area contributed by atoms with Crippen molar-refractivity contribution >= 4 is 0 Å². The van der Waals surface area contributed by atoms with E-state index in [1.165, 1.54) is 6.07 Å². The molecule has 0 amide bonds. The molecule has 0 saturated carbocycles. The van der Waals surface area contributed by atoms with E-state index in [0.717, 1.165) is 5.56 Å². The zero-order valence-electron chi connectivity index (χ0n) is 8.62. The lowest BCUT2D eigenvalue weighted by molar-refractivity contribution is 0.357. The smallest absolute Gasteiger partial charge is 0.160 e. The molecule has 0 aliphatic heterocycles. The van der Waals surface area contributed by atoms with Crippen LogP contribution in [-0.4, -0.2) is 16.8 Å². The summed E-state index contributed by atoms with van der Waals surface area (Å²) in [5.74, 6) is -0.107. The van der Waals surface area contributed by atoms with Crippen LogP contribution in [0.5, 0.6) is 11.5 Å². The Morgan fingerprint density at radius 1 is 1.29 bits per heavy atom.